The van der Waals surface area contributed by atoms with Gasteiger partial charge in [0.25, 0.3) is 0 Å². The van der Waals surface area contributed by atoms with Crippen LogP contribution in [0.3, 0.4) is 0 Å². The molecule has 20 heavy (non-hydrogen) atoms. The zero-order chi connectivity index (χ0) is 14.1. The standard InChI is InChI=1S/C13H11ClN4O2/c14-8-5-6-12(17-15)16-9(8)7-18-10-3-1-2-4-11(10)20-13(18)19/h1-6H,7,15H2,(H,16,17). The summed E-state index contributed by atoms with van der Waals surface area (Å²) in [4.78, 5) is 16.1. The van der Waals surface area contributed by atoms with Crippen molar-refractivity contribution in [2.24, 2.45) is 5.84 Å². The maximum Gasteiger partial charge on any atom is 0.420 e. The Morgan fingerprint density at radius 3 is 2.90 bits per heavy atom. The SMILES string of the molecule is NNc1ccc(Cl)c(Cn2c(=O)oc3ccccc32)n1. The van der Waals surface area contributed by atoms with Crippen molar-refractivity contribution in [2.45, 2.75) is 6.54 Å². The quantitative estimate of drug-likeness (QED) is 0.569. The van der Waals surface area contributed by atoms with E-state index in [-0.39, 0.29) is 6.54 Å². The Balaban J connectivity index is 2.09. The van der Waals surface area contributed by atoms with Gasteiger partial charge in [-0.05, 0) is 24.3 Å². The molecule has 0 aliphatic heterocycles. The van der Waals surface area contributed by atoms with Crippen molar-refractivity contribution >= 4 is 28.5 Å². The molecule has 0 aliphatic carbocycles. The van der Waals surface area contributed by atoms with Crippen molar-refractivity contribution in [1.82, 2.24) is 9.55 Å². The third-order valence-electron chi connectivity index (χ3n) is 2.95. The maximum atomic E-state index is 11.9. The lowest BCUT2D eigenvalue weighted by Crippen LogP contribution is -2.17. The number of benzene rings is 1. The van der Waals surface area contributed by atoms with Crippen LogP contribution in [0.5, 0.6) is 0 Å². The van der Waals surface area contributed by atoms with E-state index in [0.29, 0.717) is 27.6 Å². The number of para-hydroxylation sites is 2. The molecule has 1 aromatic carbocycles. The summed E-state index contributed by atoms with van der Waals surface area (Å²) in [5.41, 5.74) is 4.21. The van der Waals surface area contributed by atoms with Gasteiger partial charge in [-0.1, -0.05) is 23.7 Å². The first-order valence-corrected chi connectivity index (χ1v) is 6.27. The van der Waals surface area contributed by atoms with Gasteiger partial charge in [-0.25, -0.2) is 15.6 Å². The molecule has 0 bridgehead atoms. The number of halogens is 1. The molecule has 0 spiro atoms. The molecule has 0 amide bonds. The number of rotatable bonds is 3. The Labute approximate surface area is 118 Å². The van der Waals surface area contributed by atoms with Crippen molar-refractivity contribution in [2.75, 3.05) is 5.43 Å². The third-order valence-corrected chi connectivity index (χ3v) is 3.29. The molecule has 0 unspecified atom stereocenters. The van der Waals surface area contributed by atoms with Gasteiger partial charge in [-0.3, -0.25) is 4.57 Å². The van der Waals surface area contributed by atoms with Gasteiger partial charge in [0.2, 0.25) is 0 Å². The summed E-state index contributed by atoms with van der Waals surface area (Å²) >= 11 is 6.10. The van der Waals surface area contributed by atoms with Crippen LogP contribution in [0.25, 0.3) is 11.1 Å². The predicted molar refractivity (Wildman–Crippen MR) is 76.6 cm³/mol. The minimum Gasteiger partial charge on any atom is -0.408 e. The number of hydrogen-bond donors (Lipinski definition) is 2. The molecule has 0 fully saturated rings. The molecule has 3 N–H and O–H groups in total. The number of anilines is 1. The van der Waals surface area contributed by atoms with Crippen molar-refractivity contribution in [3.8, 4) is 0 Å². The highest BCUT2D eigenvalue weighted by molar-refractivity contribution is 6.31. The molecule has 0 aliphatic rings. The maximum absolute atomic E-state index is 11.9. The fourth-order valence-corrected chi connectivity index (χ4v) is 2.15. The highest BCUT2D eigenvalue weighted by Crippen LogP contribution is 2.19. The van der Waals surface area contributed by atoms with E-state index in [0.717, 1.165) is 0 Å². The fourth-order valence-electron chi connectivity index (χ4n) is 1.99. The summed E-state index contributed by atoms with van der Waals surface area (Å²) in [6.45, 7) is 0.212. The average Bonchev–Trinajstić information content (AvgIpc) is 2.77. The summed E-state index contributed by atoms with van der Waals surface area (Å²) in [6.07, 6.45) is 0. The highest BCUT2D eigenvalue weighted by atomic mass is 35.5. The molecule has 2 heterocycles. The van der Waals surface area contributed by atoms with Gasteiger partial charge in [0, 0.05) is 0 Å². The van der Waals surface area contributed by atoms with Gasteiger partial charge in [-0.15, -0.1) is 0 Å². The lowest BCUT2D eigenvalue weighted by Gasteiger charge is -2.06. The third kappa shape index (κ3) is 2.15. The fraction of sp³-hybridized carbons (Fsp3) is 0.0769. The summed E-state index contributed by atoms with van der Waals surface area (Å²) in [5.74, 6) is 5.35. The lowest BCUT2D eigenvalue weighted by molar-refractivity contribution is 0.516. The van der Waals surface area contributed by atoms with Crippen molar-refractivity contribution in [3.63, 3.8) is 0 Å². The zero-order valence-corrected chi connectivity index (χ0v) is 11.1. The largest absolute Gasteiger partial charge is 0.420 e. The summed E-state index contributed by atoms with van der Waals surface area (Å²) < 4.78 is 6.64. The van der Waals surface area contributed by atoms with Crippen LogP contribution in [0.1, 0.15) is 5.69 Å². The first-order valence-electron chi connectivity index (χ1n) is 5.89. The summed E-state index contributed by atoms with van der Waals surface area (Å²) in [7, 11) is 0. The number of nitrogens with zero attached hydrogens (tertiary/aromatic N) is 2. The molecular weight excluding hydrogens is 280 g/mol. The van der Waals surface area contributed by atoms with Gasteiger partial charge in [-0.2, -0.15) is 0 Å². The summed E-state index contributed by atoms with van der Waals surface area (Å²) in [6, 6.07) is 10.5. The van der Waals surface area contributed by atoms with Crippen LogP contribution in [-0.4, -0.2) is 9.55 Å². The number of hydrazine groups is 1. The van der Waals surface area contributed by atoms with Crippen LogP contribution in [0.4, 0.5) is 5.82 Å². The molecule has 6 nitrogen and oxygen atoms in total. The van der Waals surface area contributed by atoms with Crippen molar-refractivity contribution < 1.29 is 4.42 Å². The number of fused-ring (bicyclic) bond motifs is 1. The van der Waals surface area contributed by atoms with Crippen LogP contribution in [0.2, 0.25) is 5.02 Å². The second-order valence-corrected chi connectivity index (χ2v) is 4.60. The Morgan fingerprint density at radius 2 is 2.10 bits per heavy atom. The van der Waals surface area contributed by atoms with Gasteiger partial charge < -0.3 is 9.84 Å². The lowest BCUT2D eigenvalue weighted by atomic mass is 10.3. The van der Waals surface area contributed by atoms with Crippen LogP contribution in [0, 0.1) is 0 Å². The first-order chi connectivity index (χ1) is 9.69. The van der Waals surface area contributed by atoms with E-state index in [1.54, 1.807) is 30.3 Å². The predicted octanol–water partition coefficient (Wildman–Crippen LogP) is 1.98. The van der Waals surface area contributed by atoms with E-state index in [9.17, 15) is 4.79 Å². The van der Waals surface area contributed by atoms with Crippen molar-refractivity contribution in [3.05, 3.63) is 57.7 Å². The second kappa shape index (κ2) is 4.99. The number of nitrogens with two attached hydrogens (primary N) is 1. The first kappa shape index (κ1) is 12.7. The van der Waals surface area contributed by atoms with Crippen LogP contribution >= 0.6 is 11.6 Å². The molecule has 102 valence electrons. The second-order valence-electron chi connectivity index (χ2n) is 4.19. The average molecular weight is 291 g/mol. The van der Waals surface area contributed by atoms with Crippen molar-refractivity contribution in [1.29, 1.82) is 0 Å². The number of nitrogen functional groups attached to an aromatic ring is 1. The van der Waals surface area contributed by atoms with Gasteiger partial charge in [0.05, 0.1) is 22.8 Å². The molecule has 3 aromatic rings. The molecule has 0 atom stereocenters. The Kier molecular flexibility index (Phi) is 3.17. The van der Waals surface area contributed by atoms with E-state index >= 15 is 0 Å². The highest BCUT2D eigenvalue weighted by Gasteiger charge is 2.12. The van der Waals surface area contributed by atoms with E-state index in [2.05, 4.69) is 10.4 Å². The normalized spacial score (nSPS) is 10.9. The smallest absolute Gasteiger partial charge is 0.408 e. The van der Waals surface area contributed by atoms with Crippen LogP contribution in [-0.2, 0) is 6.54 Å². The minimum absolute atomic E-state index is 0.212. The van der Waals surface area contributed by atoms with E-state index in [4.69, 9.17) is 21.9 Å². The van der Waals surface area contributed by atoms with Gasteiger partial charge in [0.15, 0.2) is 5.58 Å². The zero-order valence-electron chi connectivity index (χ0n) is 10.3. The number of hydrogen-bond acceptors (Lipinski definition) is 5. The van der Waals surface area contributed by atoms with Crippen LogP contribution in [0.15, 0.2) is 45.6 Å². The monoisotopic (exact) mass is 290 g/mol. The molecule has 0 radical (unpaired) electrons. The summed E-state index contributed by atoms with van der Waals surface area (Å²) in [5, 5.41) is 0.459. The van der Waals surface area contributed by atoms with E-state index < -0.39 is 5.76 Å². The topological polar surface area (TPSA) is 86.1 Å². The minimum atomic E-state index is -0.449. The van der Waals surface area contributed by atoms with Gasteiger partial charge >= 0.3 is 5.76 Å². The number of pyridine rings is 1. The number of aromatic nitrogens is 2. The molecule has 2 aromatic heterocycles. The van der Waals surface area contributed by atoms with Crippen LogP contribution < -0.4 is 17.0 Å². The molecular formula is C13H11ClN4O2. The Bertz CT molecular complexity index is 825. The molecule has 7 heteroatoms. The molecule has 3 rings (SSSR count). The Hall–Kier alpha value is -2.31. The Morgan fingerprint density at radius 1 is 1.30 bits per heavy atom. The number of oxazole rings is 1. The molecule has 0 saturated carbocycles. The number of nitrogens with one attached hydrogen (secondary N) is 1. The van der Waals surface area contributed by atoms with E-state index in [1.807, 2.05) is 6.07 Å². The van der Waals surface area contributed by atoms with E-state index in [1.165, 1.54) is 4.57 Å². The molecule has 0 saturated heterocycles. The van der Waals surface area contributed by atoms with Gasteiger partial charge in [0.1, 0.15) is 5.82 Å².